The van der Waals surface area contributed by atoms with Crippen molar-refractivity contribution in [2.75, 3.05) is 27.4 Å². The Bertz CT molecular complexity index is 975. The summed E-state index contributed by atoms with van der Waals surface area (Å²) in [5, 5.41) is 5.99. The number of carbonyl (C=O) groups excluding carboxylic acids is 2. The molecule has 0 saturated carbocycles. The first-order chi connectivity index (χ1) is 20.5. The van der Waals surface area contributed by atoms with Crippen molar-refractivity contribution in [3.63, 3.8) is 0 Å². The zero-order chi connectivity index (χ0) is 30.4. The van der Waals surface area contributed by atoms with Gasteiger partial charge < -0.3 is 29.6 Å². The van der Waals surface area contributed by atoms with Gasteiger partial charge in [-0.15, -0.1) is 0 Å². The van der Waals surface area contributed by atoms with Crippen molar-refractivity contribution in [3.05, 3.63) is 47.5 Å². The molecule has 2 aromatic carbocycles. The van der Waals surface area contributed by atoms with Gasteiger partial charge in [0.25, 0.3) is 0 Å². The predicted octanol–water partition coefficient (Wildman–Crippen LogP) is 7.12. The number of ether oxygens (including phenoxy) is 4. The SMILES string of the molecule is CCCCOc1ccc(CNC(=O)CCCCCCCCC(=O)NCc2ccc(OCCCC)c(OC)c2)cc1OC. The lowest BCUT2D eigenvalue weighted by Crippen LogP contribution is -2.22. The van der Waals surface area contributed by atoms with Crippen LogP contribution in [-0.2, 0) is 22.7 Å². The lowest BCUT2D eigenvalue weighted by atomic mass is 10.1. The van der Waals surface area contributed by atoms with Crippen molar-refractivity contribution in [1.29, 1.82) is 0 Å². The number of unbranched alkanes of at least 4 members (excludes halogenated alkanes) is 7. The van der Waals surface area contributed by atoms with Crippen LogP contribution in [0.15, 0.2) is 36.4 Å². The van der Waals surface area contributed by atoms with Crippen molar-refractivity contribution in [2.45, 2.75) is 104 Å². The normalized spacial score (nSPS) is 10.7. The third-order valence-electron chi connectivity index (χ3n) is 7.00. The lowest BCUT2D eigenvalue weighted by Gasteiger charge is -2.12. The number of rotatable bonds is 23. The smallest absolute Gasteiger partial charge is 0.220 e. The van der Waals surface area contributed by atoms with Gasteiger partial charge in [0.2, 0.25) is 11.8 Å². The number of hydrogen-bond acceptors (Lipinski definition) is 6. The Kier molecular flexibility index (Phi) is 17.6. The van der Waals surface area contributed by atoms with Crippen LogP contribution in [0.3, 0.4) is 0 Å². The van der Waals surface area contributed by atoms with E-state index in [9.17, 15) is 9.59 Å². The molecule has 8 heteroatoms. The fraction of sp³-hybridized carbons (Fsp3) is 0.588. The number of hydrogen-bond donors (Lipinski definition) is 2. The summed E-state index contributed by atoms with van der Waals surface area (Å²) in [5.41, 5.74) is 1.97. The molecule has 2 N–H and O–H groups in total. The summed E-state index contributed by atoms with van der Waals surface area (Å²) in [6, 6.07) is 11.6. The maximum atomic E-state index is 12.3. The molecule has 2 aromatic rings. The summed E-state index contributed by atoms with van der Waals surface area (Å²) in [5.74, 6) is 2.97. The van der Waals surface area contributed by atoms with E-state index >= 15 is 0 Å². The maximum absolute atomic E-state index is 12.3. The highest BCUT2D eigenvalue weighted by atomic mass is 16.5. The van der Waals surface area contributed by atoms with Crippen LogP contribution in [0.25, 0.3) is 0 Å². The van der Waals surface area contributed by atoms with Gasteiger partial charge >= 0.3 is 0 Å². The second kappa shape index (κ2) is 21.3. The molecule has 2 rings (SSSR count). The lowest BCUT2D eigenvalue weighted by molar-refractivity contribution is -0.122. The predicted molar refractivity (Wildman–Crippen MR) is 167 cm³/mol. The molecule has 0 heterocycles. The van der Waals surface area contributed by atoms with Gasteiger partial charge in [0, 0.05) is 25.9 Å². The van der Waals surface area contributed by atoms with Crippen molar-refractivity contribution >= 4 is 11.8 Å². The van der Waals surface area contributed by atoms with Crippen LogP contribution in [-0.4, -0.2) is 39.2 Å². The maximum Gasteiger partial charge on any atom is 0.220 e. The Morgan fingerprint density at radius 1 is 0.571 bits per heavy atom. The van der Waals surface area contributed by atoms with E-state index in [0.29, 0.717) is 50.6 Å². The standard InChI is InChI=1S/C34H52N2O6/c1-5-7-21-41-29-19-17-27(23-31(29)39-3)25-35-33(37)15-13-11-9-10-12-14-16-34(38)36-26-28-18-20-30(32(24-28)40-4)42-22-8-6-2/h17-20,23-24H,5-16,21-22,25-26H2,1-4H3,(H,35,37)(H,36,38). The summed E-state index contributed by atoms with van der Waals surface area (Å²) < 4.78 is 22.4. The summed E-state index contributed by atoms with van der Waals surface area (Å²) in [6.45, 7) is 6.53. The van der Waals surface area contributed by atoms with Crippen LogP contribution in [0.4, 0.5) is 0 Å². The van der Waals surface area contributed by atoms with Gasteiger partial charge in [-0.3, -0.25) is 9.59 Å². The topological polar surface area (TPSA) is 95.1 Å². The minimum Gasteiger partial charge on any atom is -0.493 e. The summed E-state index contributed by atoms with van der Waals surface area (Å²) in [6.07, 6.45) is 11.1. The molecule has 0 spiro atoms. The minimum atomic E-state index is 0.0604. The molecule has 8 nitrogen and oxygen atoms in total. The van der Waals surface area contributed by atoms with Crippen molar-refractivity contribution < 1.29 is 28.5 Å². The third-order valence-corrected chi connectivity index (χ3v) is 7.00. The molecule has 0 fully saturated rings. The first kappa shape index (κ1) is 34.8. The fourth-order valence-corrected chi connectivity index (χ4v) is 4.39. The molecule has 0 aromatic heterocycles. The quantitative estimate of drug-likeness (QED) is 0.135. The Balaban J connectivity index is 1.52. The molecule has 0 aliphatic heterocycles. The minimum absolute atomic E-state index is 0.0604. The summed E-state index contributed by atoms with van der Waals surface area (Å²) >= 11 is 0. The monoisotopic (exact) mass is 584 g/mol. The number of nitrogens with one attached hydrogen (secondary N) is 2. The average Bonchev–Trinajstić information content (AvgIpc) is 3.01. The molecule has 0 unspecified atom stereocenters. The molecule has 42 heavy (non-hydrogen) atoms. The Morgan fingerprint density at radius 2 is 0.976 bits per heavy atom. The van der Waals surface area contributed by atoms with E-state index in [1.54, 1.807) is 14.2 Å². The highest BCUT2D eigenvalue weighted by molar-refractivity contribution is 5.76. The van der Waals surface area contributed by atoms with Crippen LogP contribution in [0.5, 0.6) is 23.0 Å². The second-order valence-electron chi connectivity index (χ2n) is 10.5. The van der Waals surface area contributed by atoms with E-state index in [1.807, 2.05) is 36.4 Å². The zero-order valence-electron chi connectivity index (χ0n) is 26.2. The van der Waals surface area contributed by atoms with Crippen LogP contribution in [0.1, 0.15) is 102 Å². The molecule has 0 aliphatic rings. The second-order valence-corrected chi connectivity index (χ2v) is 10.5. The van der Waals surface area contributed by atoms with Gasteiger partial charge in [-0.1, -0.05) is 64.5 Å². The van der Waals surface area contributed by atoms with Gasteiger partial charge in [0.15, 0.2) is 23.0 Å². The van der Waals surface area contributed by atoms with E-state index in [0.717, 1.165) is 86.8 Å². The zero-order valence-corrected chi connectivity index (χ0v) is 26.2. The molecule has 0 aliphatic carbocycles. The van der Waals surface area contributed by atoms with E-state index in [2.05, 4.69) is 24.5 Å². The van der Waals surface area contributed by atoms with Crippen molar-refractivity contribution in [3.8, 4) is 23.0 Å². The molecule has 0 bridgehead atoms. The Hall–Kier alpha value is -3.42. The summed E-state index contributed by atoms with van der Waals surface area (Å²) in [4.78, 5) is 24.5. The highest BCUT2D eigenvalue weighted by Crippen LogP contribution is 2.29. The van der Waals surface area contributed by atoms with Crippen molar-refractivity contribution in [2.24, 2.45) is 0 Å². The number of methoxy groups -OCH3 is 2. The average molecular weight is 585 g/mol. The van der Waals surface area contributed by atoms with Gasteiger partial charge in [-0.2, -0.15) is 0 Å². The fourth-order valence-electron chi connectivity index (χ4n) is 4.39. The number of amides is 2. The van der Waals surface area contributed by atoms with Crippen LogP contribution in [0, 0.1) is 0 Å². The van der Waals surface area contributed by atoms with E-state index in [4.69, 9.17) is 18.9 Å². The largest absolute Gasteiger partial charge is 0.493 e. The Labute approximate surface area is 252 Å². The van der Waals surface area contributed by atoms with E-state index in [-0.39, 0.29) is 11.8 Å². The van der Waals surface area contributed by atoms with Crippen LogP contribution in [0.2, 0.25) is 0 Å². The molecular weight excluding hydrogens is 532 g/mol. The van der Waals surface area contributed by atoms with Gasteiger partial charge in [-0.05, 0) is 61.1 Å². The summed E-state index contributed by atoms with van der Waals surface area (Å²) in [7, 11) is 3.26. The number of carbonyl (C=O) groups is 2. The molecule has 234 valence electrons. The molecule has 0 atom stereocenters. The van der Waals surface area contributed by atoms with Crippen LogP contribution >= 0.6 is 0 Å². The van der Waals surface area contributed by atoms with E-state index < -0.39 is 0 Å². The Morgan fingerprint density at radius 3 is 1.36 bits per heavy atom. The molecule has 2 amide bonds. The third kappa shape index (κ3) is 14.0. The van der Waals surface area contributed by atoms with Crippen molar-refractivity contribution in [1.82, 2.24) is 10.6 Å². The van der Waals surface area contributed by atoms with Gasteiger partial charge in [0.1, 0.15) is 0 Å². The molecule has 0 radical (unpaired) electrons. The molecule has 0 saturated heterocycles. The first-order valence-corrected chi connectivity index (χ1v) is 15.6. The van der Waals surface area contributed by atoms with E-state index in [1.165, 1.54) is 0 Å². The molecular formula is C34H52N2O6. The van der Waals surface area contributed by atoms with Gasteiger partial charge in [0.05, 0.1) is 27.4 Å². The van der Waals surface area contributed by atoms with Gasteiger partial charge in [-0.25, -0.2) is 0 Å². The van der Waals surface area contributed by atoms with Crippen LogP contribution < -0.4 is 29.6 Å². The first-order valence-electron chi connectivity index (χ1n) is 15.6. The highest BCUT2D eigenvalue weighted by Gasteiger charge is 2.09. The number of benzene rings is 2.